The van der Waals surface area contributed by atoms with Gasteiger partial charge in [-0.05, 0) is 6.54 Å². The van der Waals surface area contributed by atoms with Crippen LogP contribution in [0.4, 0.5) is 13.2 Å². The van der Waals surface area contributed by atoms with Crippen LogP contribution in [0.3, 0.4) is 0 Å². The Balaban J connectivity index is 1.70. The van der Waals surface area contributed by atoms with Crippen LogP contribution in [-0.2, 0) is 28.8 Å². The smallest absolute Gasteiger partial charge is 0.366 e. The van der Waals surface area contributed by atoms with Crippen molar-refractivity contribution in [2.75, 3.05) is 32.8 Å². The van der Waals surface area contributed by atoms with Crippen molar-refractivity contribution in [1.82, 2.24) is 24.6 Å². The number of hydrogen-bond donors (Lipinski definition) is 0. The third kappa shape index (κ3) is 3.18. The van der Waals surface area contributed by atoms with Crippen molar-refractivity contribution in [2.24, 2.45) is 0 Å². The fourth-order valence-corrected chi connectivity index (χ4v) is 2.90. The molecule has 0 bridgehead atoms. The average molecular weight is 333 g/mol. The lowest BCUT2D eigenvalue weighted by molar-refractivity contribution is -0.152. The molecule has 1 fully saturated rings. The molecule has 7 nitrogen and oxygen atoms in total. The summed E-state index contributed by atoms with van der Waals surface area (Å²) in [6, 6.07) is 0. The fraction of sp³-hybridized carbons (Fsp3) is 0.769. The third-order valence-electron chi connectivity index (χ3n) is 4.19. The van der Waals surface area contributed by atoms with Crippen molar-refractivity contribution in [1.29, 1.82) is 0 Å². The third-order valence-corrected chi connectivity index (χ3v) is 4.19. The number of halogens is 3. The molecule has 1 saturated heterocycles. The van der Waals surface area contributed by atoms with Crippen molar-refractivity contribution >= 4 is 5.91 Å². The average Bonchev–Trinajstić information content (AvgIpc) is 2.97. The van der Waals surface area contributed by atoms with Crippen LogP contribution in [0.1, 0.15) is 18.6 Å². The van der Waals surface area contributed by atoms with Gasteiger partial charge in [-0.1, -0.05) is 6.92 Å². The van der Waals surface area contributed by atoms with E-state index in [1.807, 2.05) is 6.92 Å². The molecule has 0 aliphatic carbocycles. The first-order valence-electron chi connectivity index (χ1n) is 7.52. The molecule has 1 aromatic heterocycles. The predicted molar refractivity (Wildman–Crippen MR) is 72.3 cm³/mol. The van der Waals surface area contributed by atoms with Crippen LogP contribution in [-0.4, -0.2) is 69.4 Å². The molecule has 0 unspecified atom stereocenters. The molecule has 0 spiro atoms. The fourth-order valence-electron chi connectivity index (χ4n) is 2.90. The Hall–Kier alpha value is -1.68. The van der Waals surface area contributed by atoms with E-state index in [-0.39, 0.29) is 31.4 Å². The first-order valence-corrected chi connectivity index (χ1v) is 7.52. The van der Waals surface area contributed by atoms with Crippen LogP contribution >= 0.6 is 0 Å². The Morgan fingerprint density at radius 2 is 2.09 bits per heavy atom. The minimum atomic E-state index is -4.54. The van der Waals surface area contributed by atoms with Gasteiger partial charge in [0.1, 0.15) is 6.10 Å². The minimum absolute atomic E-state index is 0.0217. The summed E-state index contributed by atoms with van der Waals surface area (Å²) in [6.45, 7) is 4.85. The molecule has 1 amide bonds. The lowest BCUT2D eigenvalue weighted by Crippen LogP contribution is -2.52. The molecular formula is C13H18F3N5O2. The van der Waals surface area contributed by atoms with Crippen LogP contribution in [0.5, 0.6) is 0 Å². The van der Waals surface area contributed by atoms with Crippen LogP contribution in [0.15, 0.2) is 0 Å². The standard InChI is InChI=1S/C13H18F3N5O2/c1-2-19-5-6-23-9(7-19)11(22)20-3-4-21-10(8-20)17-18-12(21)13(14,15)16/h9H,2-8H2,1H3/t9-/m0/s1. The Labute approximate surface area is 131 Å². The van der Waals surface area contributed by atoms with E-state index in [2.05, 4.69) is 15.1 Å². The molecule has 10 heteroatoms. The molecule has 3 rings (SSSR count). The number of ether oxygens (including phenoxy) is 1. The molecule has 3 heterocycles. The van der Waals surface area contributed by atoms with Crippen LogP contribution in [0.2, 0.25) is 0 Å². The number of aromatic nitrogens is 3. The number of amides is 1. The SMILES string of the molecule is CCN1CCO[C@H](C(=O)N2CCn3c(nnc3C(F)(F)F)C2)C1. The van der Waals surface area contributed by atoms with E-state index in [4.69, 9.17) is 4.74 Å². The first kappa shape index (κ1) is 16.2. The highest BCUT2D eigenvalue weighted by atomic mass is 19.4. The molecule has 0 N–H and O–H groups in total. The lowest BCUT2D eigenvalue weighted by atomic mass is 10.2. The van der Waals surface area contributed by atoms with Crippen LogP contribution in [0.25, 0.3) is 0 Å². The molecule has 1 aromatic rings. The maximum absolute atomic E-state index is 12.8. The Kier molecular flexibility index (Phi) is 4.28. The summed E-state index contributed by atoms with van der Waals surface area (Å²) in [6.07, 6.45) is -5.11. The number of carbonyl (C=O) groups excluding carboxylic acids is 1. The Morgan fingerprint density at radius 3 is 2.78 bits per heavy atom. The second-order valence-electron chi connectivity index (χ2n) is 5.60. The van der Waals surface area contributed by atoms with Gasteiger partial charge in [-0.25, -0.2) is 0 Å². The molecule has 0 saturated carbocycles. The largest absolute Gasteiger partial charge is 0.451 e. The number of morpholine rings is 1. The van der Waals surface area contributed by atoms with Gasteiger partial charge in [0.05, 0.1) is 13.2 Å². The van der Waals surface area contributed by atoms with Gasteiger partial charge in [0.25, 0.3) is 5.91 Å². The molecule has 128 valence electrons. The van der Waals surface area contributed by atoms with Crippen molar-refractivity contribution in [3.05, 3.63) is 11.6 Å². The summed E-state index contributed by atoms with van der Waals surface area (Å²) in [5, 5.41) is 6.79. The van der Waals surface area contributed by atoms with Crippen molar-refractivity contribution in [3.63, 3.8) is 0 Å². The number of alkyl halides is 3. The maximum Gasteiger partial charge on any atom is 0.451 e. The topological polar surface area (TPSA) is 63.5 Å². The maximum atomic E-state index is 12.8. The number of carbonyl (C=O) groups is 1. The van der Waals surface area contributed by atoms with E-state index < -0.39 is 18.1 Å². The number of nitrogens with zero attached hydrogens (tertiary/aromatic N) is 5. The van der Waals surface area contributed by atoms with Gasteiger partial charge < -0.3 is 14.2 Å². The number of hydrogen-bond acceptors (Lipinski definition) is 5. The van der Waals surface area contributed by atoms with Gasteiger partial charge in [0.15, 0.2) is 5.82 Å². The van der Waals surface area contributed by atoms with Crippen molar-refractivity contribution < 1.29 is 22.7 Å². The summed E-state index contributed by atoms with van der Waals surface area (Å²) >= 11 is 0. The molecule has 23 heavy (non-hydrogen) atoms. The normalized spacial score (nSPS) is 23.0. The Morgan fingerprint density at radius 1 is 1.30 bits per heavy atom. The molecule has 0 radical (unpaired) electrons. The van der Waals surface area contributed by atoms with Crippen molar-refractivity contribution in [2.45, 2.75) is 32.3 Å². The highest BCUT2D eigenvalue weighted by molar-refractivity contribution is 5.81. The zero-order chi connectivity index (χ0) is 16.6. The summed E-state index contributed by atoms with van der Waals surface area (Å²) in [5.74, 6) is -1.06. The van der Waals surface area contributed by atoms with Crippen LogP contribution < -0.4 is 0 Å². The monoisotopic (exact) mass is 333 g/mol. The zero-order valence-electron chi connectivity index (χ0n) is 12.7. The van der Waals surface area contributed by atoms with E-state index in [1.165, 1.54) is 4.90 Å². The second-order valence-corrected chi connectivity index (χ2v) is 5.60. The van der Waals surface area contributed by atoms with Crippen LogP contribution in [0, 0.1) is 0 Å². The van der Waals surface area contributed by atoms with Gasteiger partial charge >= 0.3 is 6.18 Å². The van der Waals surface area contributed by atoms with Gasteiger partial charge in [-0.3, -0.25) is 9.69 Å². The van der Waals surface area contributed by atoms with Gasteiger partial charge in [0, 0.05) is 26.2 Å². The van der Waals surface area contributed by atoms with E-state index in [0.717, 1.165) is 17.7 Å². The molecule has 2 aliphatic rings. The van der Waals surface area contributed by atoms with E-state index in [9.17, 15) is 18.0 Å². The molecule has 0 aromatic carbocycles. The number of fused-ring (bicyclic) bond motifs is 1. The summed E-state index contributed by atoms with van der Waals surface area (Å²) in [5.41, 5.74) is 0. The van der Waals surface area contributed by atoms with E-state index in [0.29, 0.717) is 13.2 Å². The van der Waals surface area contributed by atoms with Crippen molar-refractivity contribution in [3.8, 4) is 0 Å². The van der Waals surface area contributed by atoms with Gasteiger partial charge in [-0.2, -0.15) is 13.2 Å². The summed E-state index contributed by atoms with van der Waals surface area (Å²) in [7, 11) is 0. The molecule has 1 atom stereocenters. The quantitative estimate of drug-likeness (QED) is 0.782. The highest BCUT2D eigenvalue weighted by Crippen LogP contribution is 2.29. The molecule has 2 aliphatic heterocycles. The summed E-state index contributed by atoms with van der Waals surface area (Å²) in [4.78, 5) is 16.1. The van der Waals surface area contributed by atoms with E-state index in [1.54, 1.807) is 0 Å². The number of likely N-dealkylation sites (N-methyl/N-ethyl adjacent to an activating group) is 1. The summed E-state index contributed by atoms with van der Waals surface area (Å²) < 4.78 is 45.0. The minimum Gasteiger partial charge on any atom is -0.366 e. The van der Waals surface area contributed by atoms with E-state index >= 15 is 0 Å². The highest BCUT2D eigenvalue weighted by Gasteiger charge is 2.40. The number of rotatable bonds is 2. The second kappa shape index (κ2) is 6.08. The zero-order valence-corrected chi connectivity index (χ0v) is 12.7. The van der Waals surface area contributed by atoms with Gasteiger partial charge in [0.2, 0.25) is 5.82 Å². The first-order chi connectivity index (χ1) is 10.9. The Bertz CT molecular complexity index is 589. The predicted octanol–water partition coefficient (Wildman–Crippen LogP) is 0.360. The lowest BCUT2D eigenvalue weighted by Gasteiger charge is -2.35. The molecular weight excluding hydrogens is 315 g/mol. The van der Waals surface area contributed by atoms with Gasteiger partial charge in [-0.15, -0.1) is 10.2 Å².